The van der Waals surface area contributed by atoms with Gasteiger partial charge in [0, 0.05) is 12.0 Å². The molecule has 0 aliphatic carbocycles. The van der Waals surface area contributed by atoms with Gasteiger partial charge in [-0.15, -0.1) is 0 Å². The molecule has 0 unspecified atom stereocenters. The molecule has 0 spiro atoms. The van der Waals surface area contributed by atoms with Crippen molar-refractivity contribution in [2.45, 2.75) is 33.6 Å². The first-order valence-corrected chi connectivity index (χ1v) is 5.50. The Morgan fingerprint density at radius 1 is 1.29 bits per heavy atom. The second-order valence-electron chi connectivity index (χ2n) is 3.16. The summed E-state index contributed by atoms with van der Waals surface area (Å²) in [7, 11) is 3.75. The quantitative estimate of drug-likeness (QED) is 0.585. The van der Waals surface area contributed by atoms with E-state index in [-0.39, 0.29) is 12.4 Å². The number of hydrogen-bond acceptors (Lipinski definition) is 4. The lowest BCUT2D eigenvalue weighted by atomic mass is 10.4. The molecule has 5 heteroatoms. The lowest BCUT2D eigenvalue weighted by Gasteiger charge is -1.99. The van der Waals surface area contributed by atoms with Crippen LogP contribution in [0.2, 0.25) is 0 Å². The molecule has 0 aliphatic heterocycles. The highest BCUT2D eigenvalue weighted by molar-refractivity contribution is 5.86. The summed E-state index contributed by atoms with van der Waals surface area (Å²) in [5.74, 6) is -1.04. The Bertz CT molecular complexity index is 215. The highest BCUT2D eigenvalue weighted by atomic mass is 16.5. The third kappa shape index (κ3) is 31.3. The first-order chi connectivity index (χ1) is 7.87. The van der Waals surface area contributed by atoms with Crippen LogP contribution in [0.4, 0.5) is 0 Å². The summed E-state index contributed by atoms with van der Waals surface area (Å²) in [6.45, 7) is 9.11. The fraction of sp³-hybridized carbons (Fsp3) is 0.667. The summed E-state index contributed by atoms with van der Waals surface area (Å²) in [6.07, 6.45) is 1.08. The van der Waals surface area contributed by atoms with Crippen molar-refractivity contribution in [1.82, 2.24) is 5.32 Å². The molecular formula is C12H25NO4. The smallest absolute Gasteiger partial charge is 0.333 e. The molecule has 0 radical (unpaired) electrons. The highest BCUT2D eigenvalue weighted by Crippen LogP contribution is 1.91. The number of esters is 1. The summed E-state index contributed by atoms with van der Waals surface area (Å²) in [6, 6.07) is 0. The Morgan fingerprint density at radius 3 is 1.82 bits per heavy atom. The van der Waals surface area contributed by atoms with Gasteiger partial charge in [-0.1, -0.05) is 20.4 Å². The summed E-state index contributed by atoms with van der Waals surface area (Å²) in [5, 5.41) is 10.5. The van der Waals surface area contributed by atoms with Gasteiger partial charge in [0.25, 0.3) is 0 Å². The SMILES string of the molecule is C=C(C)C(=O)OCCC.CCC(=O)O.CNC. The predicted octanol–water partition coefficient (Wildman–Crippen LogP) is 1.83. The Labute approximate surface area is 104 Å². The molecule has 0 aromatic rings. The molecular weight excluding hydrogens is 222 g/mol. The molecule has 0 rings (SSSR count). The predicted molar refractivity (Wildman–Crippen MR) is 69.0 cm³/mol. The van der Waals surface area contributed by atoms with Crippen LogP contribution in [0.1, 0.15) is 33.6 Å². The molecule has 2 N–H and O–H groups in total. The molecule has 0 aromatic carbocycles. The van der Waals surface area contributed by atoms with Gasteiger partial charge >= 0.3 is 11.9 Å². The number of ether oxygens (including phenoxy) is 1. The first kappa shape index (κ1) is 21.0. The molecule has 5 nitrogen and oxygen atoms in total. The zero-order valence-electron chi connectivity index (χ0n) is 11.5. The summed E-state index contributed by atoms with van der Waals surface area (Å²) in [4.78, 5) is 19.9. The topological polar surface area (TPSA) is 75.6 Å². The first-order valence-electron chi connectivity index (χ1n) is 5.50. The molecule has 0 amide bonds. The molecule has 102 valence electrons. The van der Waals surface area contributed by atoms with Crippen molar-refractivity contribution in [2.24, 2.45) is 0 Å². The second-order valence-corrected chi connectivity index (χ2v) is 3.16. The number of carboxylic acids is 1. The highest BCUT2D eigenvalue weighted by Gasteiger charge is 1.99. The lowest BCUT2D eigenvalue weighted by molar-refractivity contribution is -0.139. The van der Waals surface area contributed by atoms with Crippen molar-refractivity contribution in [2.75, 3.05) is 20.7 Å². The molecule has 0 atom stereocenters. The summed E-state index contributed by atoms with van der Waals surface area (Å²) in [5.41, 5.74) is 0.462. The number of hydrogen-bond donors (Lipinski definition) is 2. The van der Waals surface area contributed by atoms with Crippen LogP contribution in [-0.2, 0) is 14.3 Å². The largest absolute Gasteiger partial charge is 0.481 e. The number of aliphatic carboxylic acids is 1. The van der Waals surface area contributed by atoms with Crippen LogP contribution in [0, 0.1) is 0 Å². The van der Waals surface area contributed by atoms with Crippen LogP contribution in [0.3, 0.4) is 0 Å². The van der Waals surface area contributed by atoms with Crippen LogP contribution >= 0.6 is 0 Å². The molecule has 0 bridgehead atoms. The van der Waals surface area contributed by atoms with E-state index in [2.05, 4.69) is 11.9 Å². The number of carbonyl (C=O) groups excluding carboxylic acids is 1. The van der Waals surface area contributed by atoms with Gasteiger partial charge in [0.2, 0.25) is 0 Å². The maximum Gasteiger partial charge on any atom is 0.333 e. The molecule has 0 aliphatic rings. The van der Waals surface area contributed by atoms with E-state index < -0.39 is 5.97 Å². The lowest BCUT2D eigenvalue weighted by Crippen LogP contribution is -2.04. The third-order valence-electron chi connectivity index (χ3n) is 1.09. The Hall–Kier alpha value is -1.36. The van der Waals surface area contributed by atoms with Gasteiger partial charge in [0.15, 0.2) is 0 Å². The minimum absolute atomic E-state index is 0.222. The van der Waals surface area contributed by atoms with Crippen LogP contribution in [0.5, 0.6) is 0 Å². The van der Waals surface area contributed by atoms with Crippen molar-refractivity contribution in [3.05, 3.63) is 12.2 Å². The van der Waals surface area contributed by atoms with E-state index in [4.69, 9.17) is 9.84 Å². The van der Waals surface area contributed by atoms with Crippen molar-refractivity contribution in [3.8, 4) is 0 Å². The van der Waals surface area contributed by atoms with Crippen LogP contribution in [0.25, 0.3) is 0 Å². The Balaban J connectivity index is -0.000000207. The van der Waals surface area contributed by atoms with Crippen LogP contribution in [-0.4, -0.2) is 37.7 Å². The molecule has 0 saturated heterocycles. The van der Waals surface area contributed by atoms with E-state index in [0.29, 0.717) is 12.2 Å². The maximum absolute atomic E-state index is 10.6. The van der Waals surface area contributed by atoms with Crippen LogP contribution in [0.15, 0.2) is 12.2 Å². The molecule has 17 heavy (non-hydrogen) atoms. The van der Waals surface area contributed by atoms with E-state index in [1.807, 2.05) is 21.0 Å². The van der Waals surface area contributed by atoms with E-state index >= 15 is 0 Å². The number of nitrogens with one attached hydrogen (secondary N) is 1. The van der Waals surface area contributed by atoms with Crippen molar-refractivity contribution in [1.29, 1.82) is 0 Å². The van der Waals surface area contributed by atoms with Crippen LogP contribution < -0.4 is 5.32 Å². The number of carboxylic acid groups (broad SMARTS) is 1. The molecule has 0 saturated carbocycles. The van der Waals surface area contributed by atoms with E-state index in [1.54, 1.807) is 13.8 Å². The minimum Gasteiger partial charge on any atom is -0.481 e. The minimum atomic E-state index is -0.745. The van der Waals surface area contributed by atoms with E-state index in [1.165, 1.54) is 0 Å². The van der Waals surface area contributed by atoms with Gasteiger partial charge < -0.3 is 15.2 Å². The fourth-order valence-corrected chi connectivity index (χ4v) is 0.318. The van der Waals surface area contributed by atoms with Gasteiger partial charge in [-0.25, -0.2) is 4.79 Å². The maximum atomic E-state index is 10.6. The number of rotatable bonds is 4. The zero-order chi connectivity index (χ0) is 14.3. The molecule has 0 fully saturated rings. The molecule has 0 aromatic heterocycles. The Morgan fingerprint density at radius 2 is 1.65 bits per heavy atom. The second kappa shape index (κ2) is 17.0. The summed E-state index contributed by atoms with van der Waals surface area (Å²) < 4.78 is 4.71. The van der Waals surface area contributed by atoms with Gasteiger partial charge in [-0.05, 0) is 27.4 Å². The van der Waals surface area contributed by atoms with Gasteiger partial charge in [-0.3, -0.25) is 4.79 Å². The third-order valence-corrected chi connectivity index (χ3v) is 1.09. The average molecular weight is 247 g/mol. The van der Waals surface area contributed by atoms with Crippen molar-refractivity contribution < 1.29 is 19.4 Å². The van der Waals surface area contributed by atoms with E-state index in [0.717, 1.165) is 6.42 Å². The van der Waals surface area contributed by atoms with E-state index in [9.17, 15) is 9.59 Å². The van der Waals surface area contributed by atoms with Gasteiger partial charge in [0.1, 0.15) is 0 Å². The van der Waals surface area contributed by atoms with Crippen molar-refractivity contribution in [3.63, 3.8) is 0 Å². The summed E-state index contributed by atoms with van der Waals surface area (Å²) >= 11 is 0. The van der Waals surface area contributed by atoms with Gasteiger partial charge in [0.05, 0.1) is 6.61 Å². The molecule has 0 heterocycles. The number of carbonyl (C=O) groups is 2. The zero-order valence-corrected chi connectivity index (χ0v) is 11.5. The Kier molecular flexibility index (Phi) is 21.0. The van der Waals surface area contributed by atoms with Gasteiger partial charge in [-0.2, -0.15) is 0 Å². The monoisotopic (exact) mass is 247 g/mol. The normalized spacial score (nSPS) is 7.82. The van der Waals surface area contributed by atoms with Crippen molar-refractivity contribution >= 4 is 11.9 Å². The average Bonchev–Trinajstić information content (AvgIpc) is 2.27. The fourth-order valence-electron chi connectivity index (χ4n) is 0.318. The standard InChI is InChI=1S/C7H12O2.C3H6O2.C2H7N/c1-4-5-9-7(8)6(2)3;1-2-3(4)5;1-3-2/h2,4-5H2,1,3H3;2H2,1H3,(H,4,5);3H,1-2H3.